The maximum Gasteiger partial charge on any atom is 0.303 e. The highest BCUT2D eigenvalue weighted by Crippen LogP contribution is 2.16. The molecule has 13 amide bonds. The molecule has 2 heterocycles. The number of H-pyrrole nitrogens is 1. The van der Waals surface area contributed by atoms with E-state index in [0.717, 1.165) is 0 Å². The number of aromatic amines is 1. The Kier molecular flexibility index (Phi) is 36.9. The van der Waals surface area contributed by atoms with Gasteiger partial charge in [-0.3, -0.25) is 76.9 Å². The van der Waals surface area contributed by atoms with E-state index in [1.54, 1.807) is 75.5 Å². The molecule has 0 bridgehead atoms. The van der Waals surface area contributed by atoms with Gasteiger partial charge in [0.25, 0.3) is 0 Å². The zero-order chi connectivity index (χ0) is 77.2. The molecule has 0 aliphatic carbocycles. The monoisotopic (exact) mass is 1470 g/mol. The highest BCUT2D eigenvalue weighted by molar-refractivity contribution is 7.09. The van der Waals surface area contributed by atoms with E-state index in [-0.39, 0.29) is 62.9 Å². The second-order valence-corrected chi connectivity index (χ2v) is 26.4. The Labute approximate surface area is 598 Å². The van der Waals surface area contributed by atoms with E-state index in [0.29, 0.717) is 22.6 Å². The van der Waals surface area contributed by atoms with Gasteiger partial charge in [0.15, 0.2) is 5.96 Å². The summed E-state index contributed by atoms with van der Waals surface area (Å²) in [6, 6.07) is -6.78. The van der Waals surface area contributed by atoms with Gasteiger partial charge < -0.3 is 107 Å². The van der Waals surface area contributed by atoms with E-state index in [2.05, 4.69) is 73.4 Å². The lowest BCUT2D eigenvalue weighted by molar-refractivity contribution is -0.139. The summed E-state index contributed by atoms with van der Waals surface area (Å²) in [6.45, 7) is 10.1. The molecule has 0 aliphatic heterocycles. The number of primary amides is 2. The lowest BCUT2D eigenvalue weighted by Crippen LogP contribution is -2.62. The van der Waals surface area contributed by atoms with Crippen LogP contribution in [0.3, 0.4) is 0 Å². The van der Waals surface area contributed by atoms with Crippen LogP contribution in [0.15, 0.2) is 65.4 Å². The summed E-state index contributed by atoms with van der Waals surface area (Å²) in [5.74, 6) is -17.7. The van der Waals surface area contributed by atoms with Gasteiger partial charge in [0.05, 0.1) is 25.4 Å². The van der Waals surface area contributed by atoms with Crippen LogP contribution in [0.2, 0.25) is 0 Å². The Morgan fingerprint density at radius 1 is 0.534 bits per heavy atom. The van der Waals surface area contributed by atoms with E-state index >= 15 is 0 Å². The lowest BCUT2D eigenvalue weighted by atomic mass is 9.99. The largest absolute Gasteiger partial charge is 0.481 e. The van der Waals surface area contributed by atoms with E-state index in [9.17, 15) is 87.2 Å². The predicted molar refractivity (Wildman–Crippen MR) is 373 cm³/mol. The van der Waals surface area contributed by atoms with E-state index in [1.165, 1.54) is 44.6 Å². The lowest BCUT2D eigenvalue weighted by Gasteiger charge is -2.29. The standard InChI is InChI=1S/C65H99N19O18S/c1-8-34(6)51(67)63(101)83-47(30-85)62(100)77-41(19-21-50(89)90)57(95)84-52(33(4)5)64(102)82-46(28-48(66)86)61(99)79-43(24-32(2)3)59(97)81-45(27-38-16-13-23-103-38)58(96)74-35(7)54(92)75-40(18-20-49(87)88)56(94)80-44(25-36-14-10-9-11-15-36)60(98)76-39(17-12-22-72-65(69)70)55(93)78-42(53(68)91)26-37-29-71-31-73-37/h9-11,13-16,23,29,31-35,39-47,51-52,85H,8,12,17-22,24-28,30,67H2,1-7H3,(H2,66,86)(H2,68,91)(H,71,73)(H,74,96)(H,75,92)(H,76,98)(H,77,100)(H,78,93)(H,79,99)(H,80,94)(H,81,97)(H,82,102)(H,83,101)(H,84,95)(H,87,88)(H,89,90)(H4,69,70,72)/t34-,35-,39-,40-,41-,42-,43-,44-,45-,46-,47-,51-,52-/m0/s1. The van der Waals surface area contributed by atoms with Gasteiger partial charge in [-0.15, -0.1) is 11.3 Å². The Morgan fingerprint density at radius 2 is 1.02 bits per heavy atom. The minimum atomic E-state index is -1.84. The molecular weight excluding hydrogens is 1370 g/mol. The number of guanidine groups is 1. The number of hydrogen-bond acceptors (Lipinski definition) is 20. The number of thiophene rings is 1. The average Bonchev–Trinajstić information content (AvgIpc) is 1.11. The third kappa shape index (κ3) is 31.4. The second-order valence-electron chi connectivity index (χ2n) is 25.4. The molecule has 0 unspecified atom stereocenters. The molecule has 103 heavy (non-hydrogen) atoms. The number of hydrogen-bond donors (Lipinski definition) is 20. The first-order valence-corrected chi connectivity index (χ1v) is 34.2. The number of imidazole rings is 1. The quantitative estimate of drug-likeness (QED) is 0.0143. The molecule has 0 spiro atoms. The molecule has 37 nitrogen and oxygen atoms in total. The summed E-state index contributed by atoms with van der Waals surface area (Å²) in [4.78, 5) is 214. The van der Waals surface area contributed by atoms with Crippen molar-refractivity contribution in [2.24, 2.45) is 51.4 Å². The molecule has 13 atom stereocenters. The zero-order valence-electron chi connectivity index (χ0n) is 58.5. The summed E-state index contributed by atoms with van der Waals surface area (Å²) < 4.78 is 0. The van der Waals surface area contributed by atoms with Crippen LogP contribution < -0.4 is 87.2 Å². The zero-order valence-corrected chi connectivity index (χ0v) is 59.3. The highest BCUT2D eigenvalue weighted by Gasteiger charge is 2.38. The van der Waals surface area contributed by atoms with E-state index < -0.39 is 206 Å². The number of carbonyl (C=O) groups is 15. The summed E-state index contributed by atoms with van der Waals surface area (Å²) in [5.41, 5.74) is 29.1. The number of aliphatic carboxylic acids is 2. The summed E-state index contributed by atoms with van der Waals surface area (Å²) in [6.07, 6.45) is -0.749. The number of carbonyl (C=O) groups excluding carboxylic acids is 13. The van der Waals surface area contributed by atoms with Gasteiger partial charge in [-0.05, 0) is 73.8 Å². The minimum Gasteiger partial charge on any atom is -0.481 e. The smallest absolute Gasteiger partial charge is 0.303 e. The van der Waals surface area contributed by atoms with Gasteiger partial charge in [-0.25, -0.2) is 4.98 Å². The molecule has 1 aromatic carbocycles. The summed E-state index contributed by atoms with van der Waals surface area (Å²) in [5, 5.41) is 58.1. The van der Waals surface area contributed by atoms with Crippen molar-refractivity contribution in [3.8, 4) is 0 Å². The molecule has 2 aromatic heterocycles. The molecule has 25 N–H and O–H groups in total. The number of rotatable bonds is 47. The number of aliphatic hydroxyl groups is 1. The van der Waals surface area contributed by atoms with Crippen LogP contribution in [0.4, 0.5) is 0 Å². The Balaban J connectivity index is 1.90. The number of carboxylic acid groups (broad SMARTS) is 2. The van der Waals surface area contributed by atoms with Gasteiger partial charge in [0.2, 0.25) is 76.8 Å². The molecule has 38 heteroatoms. The van der Waals surface area contributed by atoms with Crippen LogP contribution >= 0.6 is 11.3 Å². The third-order valence-electron chi connectivity index (χ3n) is 16.1. The maximum atomic E-state index is 14.5. The van der Waals surface area contributed by atoms with Crippen LogP contribution in [0, 0.1) is 17.8 Å². The summed E-state index contributed by atoms with van der Waals surface area (Å²) in [7, 11) is 0. The van der Waals surface area contributed by atoms with Crippen molar-refractivity contribution in [3.63, 3.8) is 0 Å². The normalized spacial score (nSPS) is 14.9. The molecule has 0 aliphatic rings. The molecule has 3 rings (SSSR count). The Morgan fingerprint density at radius 3 is 1.52 bits per heavy atom. The number of nitrogens with zero attached hydrogens (tertiary/aromatic N) is 2. The fraction of sp³-hybridized carbons (Fsp3) is 0.554. The molecule has 568 valence electrons. The average molecular weight is 1470 g/mol. The fourth-order valence-corrected chi connectivity index (χ4v) is 10.8. The van der Waals surface area contributed by atoms with E-state index in [1.807, 2.05) is 0 Å². The van der Waals surface area contributed by atoms with Crippen molar-refractivity contribution in [2.45, 2.75) is 198 Å². The van der Waals surface area contributed by atoms with Crippen LogP contribution in [0.5, 0.6) is 0 Å². The molecule has 0 radical (unpaired) electrons. The predicted octanol–water partition coefficient (Wildman–Crippen LogP) is -4.94. The molecule has 0 saturated heterocycles. The number of nitrogens with one attached hydrogen (secondary N) is 12. The molecular formula is C65H99N19O18S. The Bertz CT molecular complexity index is 3390. The first kappa shape index (κ1) is 86.6. The number of amides is 13. The Hall–Kier alpha value is -10.6. The number of aromatic nitrogens is 2. The first-order chi connectivity index (χ1) is 48.5. The van der Waals surface area contributed by atoms with Gasteiger partial charge in [0, 0.05) is 55.4 Å². The SMILES string of the molecule is CC[C@H](C)[C@H](N)C(=O)N[C@@H](CO)C(=O)N[C@@H](CCC(=O)O)C(=O)N[C@H](C(=O)N[C@@H](CC(N)=O)C(=O)N[C@@H](CC(C)C)C(=O)N[C@@H](Cc1cccs1)C(=O)N[C@@H](C)C(=O)N[C@@H](CCC(=O)O)C(=O)N[C@@H](Cc1ccccc1)C(=O)N[C@@H](CCCN=C(N)N)C(=O)N[C@@H](Cc1cnc[nH]1)C(N)=O)C(C)C. The third-order valence-corrected chi connectivity index (χ3v) is 17.0. The van der Waals surface area contributed by atoms with Crippen LogP contribution in [0.25, 0.3) is 0 Å². The van der Waals surface area contributed by atoms with Crippen LogP contribution in [-0.4, -0.2) is 206 Å². The number of benzene rings is 1. The van der Waals surface area contributed by atoms with Gasteiger partial charge in [0.1, 0.15) is 66.5 Å². The van der Waals surface area contributed by atoms with Gasteiger partial charge >= 0.3 is 11.9 Å². The van der Waals surface area contributed by atoms with Gasteiger partial charge in [-0.1, -0.05) is 84.4 Å². The van der Waals surface area contributed by atoms with Crippen molar-refractivity contribution in [1.82, 2.24) is 68.5 Å². The van der Waals surface area contributed by atoms with Crippen molar-refractivity contribution >= 4 is 106 Å². The number of carboxylic acids is 2. The van der Waals surface area contributed by atoms with Crippen molar-refractivity contribution in [3.05, 3.63) is 76.5 Å². The first-order valence-electron chi connectivity index (χ1n) is 33.3. The fourth-order valence-electron chi connectivity index (χ4n) is 10.0. The molecule has 3 aromatic rings. The van der Waals surface area contributed by atoms with Crippen molar-refractivity contribution < 1.29 is 87.2 Å². The van der Waals surface area contributed by atoms with Crippen molar-refractivity contribution in [2.75, 3.05) is 13.2 Å². The second kappa shape index (κ2) is 43.9. The minimum absolute atomic E-state index is 0.0126. The summed E-state index contributed by atoms with van der Waals surface area (Å²) >= 11 is 1.19. The van der Waals surface area contributed by atoms with E-state index in [4.69, 9.17) is 28.7 Å². The maximum absolute atomic E-state index is 14.5. The molecule has 0 fully saturated rings. The van der Waals surface area contributed by atoms with Crippen LogP contribution in [0.1, 0.15) is 122 Å². The highest BCUT2D eigenvalue weighted by atomic mass is 32.1. The molecule has 0 saturated carbocycles. The van der Waals surface area contributed by atoms with Crippen molar-refractivity contribution in [1.29, 1.82) is 0 Å². The van der Waals surface area contributed by atoms with Gasteiger partial charge in [-0.2, -0.15) is 0 Å². The van der Waals surface area contributed by atoms with Crippen LogP contribution in [-0.2, 0) is 91.2 Å². The number of aliphatic hydroxyl groups excluding tert-OH is 1. The number of nitrogens with two attached hydrogens (primary N) is 5. The topological polar surface area (TPSA) is 620 Å². The number of aliphatic imine (C=N–C) groups is 1.